The second-order valence-corrected chi connectivity index (χ2v) is 7.59. The van der Waals surface area contributed by atoms with Crippen molar-refractivity contribution in [2.45, 2.75) is 39.5 Å². The summed E-state index contributed by atoms with van der Waals surface area (Å²) in [5.41, 5.74) is 1.23. The van der Waals surface area contributed by atoms with Gasteiger partial charge in [-0.1, -0.05) is 6.92 Å². The lowest BCUT2D eigenvalue weighted by Crippen LogP contribution is -2.39. The van der Waals surface area contributed by atoms with Crippen LogP contribution in [0.4, 0.5) is 0 Å². The molecule has 0 saturated carbocycles. The van der Waals surface area contributed by atoms with Crippen molar-refractivity contribution in [3.8, 4) is 0 Å². The highest BCUT2D eigenvalue weighted by Gasteiger charge is 2.15. The lowest BCUT2D eigenvalue weighted by Gasteiger charge is -2.12. The van der Waals surface area contributed by atoms with E-state index in [0.29, 0.717) is 5.92 Å². The topological polar surface area (TPSA) is 67.8 Å². The molecule has 2 rings (SSSR count). The molecule has 6 nitrogen and oxygen atoms in total. The van der Waals surface area contributed by atoms with Crippen molar-refractivity contribution >= 4 is 41.3 Å². The average molecular weight is 496 g/mol. The van der Waals surface area contributed by atoms with Crippen LogP contribution in [-0.2, 0) is 22.3 Å². The first kappa shape index (κ1) is 23.6. The number of ether oxygens (including phenoxy) is 2. The van der Waals surface area contributed by atoms with Crippen molar-refractivity contribution in [1.29, 1.82) is 0 Å². The van der Waals surface area contributed by atoms with Gasteiger partial charge in [0, 0.05) is 50.6 Å². The van der Waals surface area contributed by atoms with Crippen molar-refractivity contribution in [2.24, 2.45) is 10.9 Å². The fraction of sp³-hybridized carbons (Fsp3) is 0.778. The van der Waals surface area contributed by atoms with Crippen LogP contribution in [0.2, 0.25) is 0 Å². The Bertz CT molecular complexity index is 533. The molecule has 0 spiro atoms. The third-order valence-corrected chi connectivity index (χ3v) is 5.34. The molecule has 1 atom stereocenters. The largest absolute Gasteiger partial charge is 0.381 e. The van der Waals surface area contributed by atoms with E-state index in [4.69, 9.17) is 9.47 Å². The van der Waals surface area contributed by atoms with Gasteiger partial charge in [-0.15, -0.1) is 35.3 Å². The Balaban J connectivity index is 0.00000338. The number of guanidine groups is 1. The second-order valence-electron chi connectivity index (χ2n) is 6.30. The van der Waals surface area contributed by atoms with Crippen LogP contribution in [0.15, 0.2) is 4.99 Å². The minimum absolute atomic E-state index is 0. The van der Waals surface area contributed by atoms with Crippen molar-refractivity contribution < 1.29 is 9.47 Å². The van der Waals surface area contributed by atoms with Crippen molar-refractivity contribution in [1.82, 2.24) is 15.6 Å². The number of nitrogens with zero attached hydrogens (tertiary/aromatic N) is 2. The summed E-state index contributed by atoms with van der Waals surface area (Å²) >= 11 is 1.80. The Morgan fingerprint density at radius 3 is 2.85 bits per heavy atom. The molecular formula is C18H33IN4O2S. The Morgan fingerprint density at radius 2 is 2.19 bits per heavy atom. The van der Waals surface area contributed by atoms with E-state index in [-0.39, 0.29) is 24.0 Å². The third-order valence-electron chi connectivity index (χ3n) is 4.26. The number of halogens is 1. The zero-order valence-corrected chi connectivity index (χ0v) is 19.3. The minimum Gasteiger partial charge on any atom is -0.381 e. The van der Waals surface area contributed by atoms with Gasteiger partial charge in [-0.3, -0.25) is 4.99 Å². The Labute approximate surface area is 178 Å². The predicted molar refractivity (Wildman–Crippen MR) is 119 cm³/mol. The molecule has 1 aromatic rings. The van der Waals surface area contributed by atoms with Crippen LogP contribution in [0, 0.1) is 12.8 Å². The fourth-order valence-corrected chi connectivity index (χ4v) is 3.80. The first-order valence-corrected chi connectivity index (χ1v) is 10.1. The van der Waals surface area contributed by atoms with E-state index >= 15 is 0 Å². The molecule has 0 bridgehead atoms. The Kier molecular flexibility index (Phi) is 12.4. The number of hydrogen-bond acceptors (Lipinski definition) is 5. The van der Waals surface area contributed by atoms with Crippen molar-refractivity contribution in [2.75, 3.05) is 46.6 Å². The van der Waals surface area contributed by atoms with Gasteiger partial charge in [0.15, 0.2) is 5.96 Å². The number of thiazole rings is 1. The van der Waals surface area contributed by atoms with E-state index < -0.39 is 0 Å². The molecule has 1 aromatic heterocycles. The van der Waals surface area contributed by atoms with Gasteiger partial charge in [-0.25, -0.2) is 4.98 Å². The molecular weight excluding hydrogens is 463 g/mol. The molecule has 1 aliphatic heterocycles. The highest BCUT2D eigenvalue weighted by atomic mass is 127. The van der Waals surface area contributed by atoms with Gasteiger partial charge < -0.3 is 20.1 Å². The standard InChI is InChI=1S/C18H32N4O2S.HI/c1-4-16-14(2)25-17(22-16)6-9-21-18(19-3)20-8-5-10-23-12-15-7-11-24-13-15;/h15H,4-13H2,1-3H3,(H2,19,20,21);1H. The number of hydrogen-bond donors (Lipinski definition) is 2. The number of aromatic nitrogens is 1. The summed E-state index contributed by atoms with van der Waals surface area (Å²) in [5, 5.41) is 7.87. The highest BCUT2D eigenvalue weighted by molar-refractivity contribution is 14.0. The molecule has 1 fully saturated rings. The maximum atomic E-state index is 5.71. The van der Waals surface area contributed by atoms with E-state index in [2.05, 4.69) is 34.5 Å². The lowest BCUT2D eigenvalue weighted by molar-refractivity contribution is 0.0888. The van der Waals surface area contributed by atoms with E-state index in [9.17, 15) is 0 Å². The van der Waals surface area contributed by atoms with E-state index in [1.54, 1.807) is 18.4 Å². The minimum atomic E-state index is 0. The van der Waals surface area contributed by atoms with Gasteiger partial charge in [0.2, 0.25) is 0 Å². The molecule has 1 saturated heterocycles. The van der Waals surface area contributed by atoms with Crippen LogP contribution in [0.25, 0.3) is 0 Å². The van der Waals surface area contributed by atoms with Crippen LogP contribution in [-0.4, -0.2) is 57.5 Å². The average Bonchev–Trinajstić information content (AvgIpc) is 3.25. The first-order valence-electron chi connectivity index (χ1n) is 9.28. The summed E-state index contributed by atoms with van der Waals surface area (Å²) in [7, 11) is 1.80. The lowest BCUT2D eigenvalue weighted by atomic mass is 10.1. The molecule has 26 heavy (non-hydrogen) atoms. The number of nitrogens with one attached hydrogen (secondary N) is 2. The zero-order chi connectivity index (χ0) is 17.9. The molecule has 0 amide bonds. The van der Waals surface area contributed by atoms with Crippen LogP contribution >= 0.6 is 35.3 Å². The first-order chi connectivity index (χ1) is 12.2. The Morgan fingerprint density at radius 1 is 1.38 bits per heavy atom. The molecule has 1 aliphatic rings. The normalized spacial score (nSPS) is 17.2. The molecule has 8 heteroatoms. The van der Waals surface area contributed by atoms with Gasteiger partial charge in [0.1, 0.15) is 0 Å². The van der Waals surface area contributed by atoms with Crippen LogP contribution in [0.3, 0.4) is 0 Å². The predicted octanol–water partition coefficient (Wildman–Crippen LogP) is 2.78. The van der Waals surface area contributed by atoms with Gasteiger partial charge in [0.05, 0.1) is 23.9 Å². The monoisotopic (exact) mass is 496 g/mol. The summed E-state index contributed by atoms with van der Waals surface area (Å²) in [5.74, 6) is 1.43. The summed E-state index contributed by atoms with van der Waals surface area (Å²) in [6.45, 7) is 9.34. The van der Waals surface area contributed by atoms with Gasteiger partial charge in [-0.2, -0.15) is 0 Å². The Hall–Kier alpha value is -0.450. The van der Waals surface area contributed by atoms with E-state index in [1.165, 1.54) is 15.6 Å². The third kappa shape index (κ3) is 8.49. The summed E-state index contributed by atoms with van der Waals surface area (Å²) in [6, 6.07) is 0. The molecule has 0 aliphatic carbocycles. The maximum Gasteiger partial charge on any atom is 0.190 e. The maximum absolute atomic E-state index is 5.71. The summed E-state index contributed by atoms with van der Waals surface area (Å²) in [6.07, 6.45) is 4.04. The van der Waals surface area contributed by atoms with Crippen molar-refractivity contribution in [3.05, 3.63) is 15.6 Å². The van der Waals surface area contributed by atoms with Gasteiger partial charge in [0.25, 0.3) is 0 Å². The van der Waals surface area contributed by atoms with Gasteiger partial charge in [-0.05, 0) is 26.2 Å². The van der Waals surface area contributed by atoms with Crippen LogP contribution in [0.1, 0.15) is 35.3 Å². The quantitative estimate of drug-likeness (QED) is 0.226. The smallest absolute Gasteiger partial charge is 0.190 e. The van der Waals surface area contributed by atoms with E-state index in [1.807, 2.05) is 0 Å². The SMILES string of the molecule is CCc1nc(CCNC(=NC)NCCCOCC2CCOC2)sc1C.I. The van der Waals surface area contributed by atoms with Crippen LogP contribution < -0.4 is 10.6 Å². The highest BCUT2D eigenvalue weighted by Crippen LogP contribution is 2.17. The summed E-state index contributed by atoms with van der Waals surface area (Å²) < 4.78 is 11.1. The second kappa shape index (κ2) is 13.7. The summed E-state index contributed by atoms with van der Waals surface area (Å²) in [4.78, 5) is 10.3. The van der Waals surface area contributed by atoms with Crippen molar-refractivity contribution in [3.63, 3.8) is 0 Å². The molecule has 1 unspecified atom stereocenters. The number of aryl methyl sites for hydroxylation is 2. The van der Waals surface area contributed by atoms with E-state index in [0.717, 1.165) is 71.2 Å². The van der Waals surface area contributed by atoms with Crippen LogP contribution in [0.5, 0.6) is 0 Å². The zero-order valence-electron chi connectivity index (χ0n) is 16.2. The molecule has 2 heterocycles. The van der Waals surface area contributed by atoms with Gasteiger partial charge >= 0.3 is 0 Å². The molecule has 150 valence electrons. The molecule has 0 aromatic carbocycles. The fourth-order valence-electron chi connectivity index (χ4n) is 2.78. The number of rotatable bonds is 10. The number of aliphatic imine (C=N–C) groups is 1. The molecule has 2 N–H and O–H groups in total. The molecule has 0 radical (unpaired) electrons.